The second-order valence-corrected chi connectivity index (χ2v) is 6.26. The predicted octanol–water partition coefficient (Wildman–Crippen LogP) is 3.00. The summed E-state index contributed by atoms with van der Waals surface area (Å²) in [4.78, 5) is 23.6. The van der Waals surface area contributed by atoms with E-state index in [1.807, 2.05) is 23.8 Å². The van der Waals surface area contributed by atoms with Crippen molar-refractivity contribution in [3.63, 3.8) is 0 Å². The molecule has 1 saturated carbocycles. The number of hydrogen-bond donors (Lipinski definition) is 2. The van der Waals surface area contributed by atoms with Crippen LogP contribution in [0.15, 0.2) is 16.8 Å². The van der Waals surface area contributed by atoms with Gasteiger partial charge in [-0.3, -0.25) is 9.59 Å². The monoisotopic (exact) mass is 295 g/mol. The molecule has 1 heterocycles. The van der Waals surface area contributed by atoms with Gasteiger partial charge in [-0.15, -0.1) is 0 Å². The molecule has 1 amide bonds. The van der Waals surface area contributed by atoms with Gasteiger partial charge in [0, 0.05) is 6.04 Å². The van der Waals surface area contributed by atoms with Crippen molar-refractivity contribution < 1.29 is 14.7 Å². The molecular weight excluding hydrogens is 274 g/mol. The van der Waals surface area contributed by atoms with E-state index in [0.717, 1.165) is 31.2 Å². The zero-order chi connectivity index (χ0) is 14.5. The zero-order valence-corrected chi connectivity index (χ0v) is 12.5. The fourth-order valence-corrected chi connectivity index (χ4v) is 3.51. The van der Waals surface area contributed by atoms with Gasteiger partial charge in [-0.25, -0.2) is 0 Å². The Balaban J connectivity index is 2.02. The second-order valence-electron chi connectivity index (χ2n) is 5.48. The maximum absolute atomic E-state index is 12.3. The number of nitrogens with one attached hydrogen (secondary N) is 1. The van der Waals surface area contributed by atoms with Crippen LogP contribution in [0.3, 0.4) is 0 Å². The minimum atomic E-state index is -0.791. The molecule has 1 aliphatic rings. The summed E-state index contributed by atoms with van der Waals surface area (Å²) in [5.74, 6) is -1.53. The van der Waals surface area contributed by atoms with E-state index in [2.05, 4.69) is 5.32 Å². The maximum atomic E-state index is 12.3. The van der Waals surface area contributed by atoms with Crippen molar-refractivity contribution in [2.24, 2.45) is 5.92 Å². The van der Waals surface area contributed by atoms with Gasteiger partial charge in [0.2, 0.25) is 5.91 Å². The average molecular weight is 295 g/mol. The predicted molar refractivity (Wildman–Crippen MR) is 78.9 cm³/mol. The van der Waals surface area contributed by atoms with Crippen molar-refractivity contribution in [3.8, 4) is 0 Å². The molecule has 110 valence electrons. The van der Waals surface area contributed by atoms with Crippen LogP contribution in [-0.4, -0.2) is 23.0 Å². The van der Waals surface area contributed by atoms with Gasteiger partial charge >= 0.3 is 5.97 Å². The van der Waals surface area contributed by atoms with Gasteiger partial charge in [-0.2, -0.15) is 11.3 Å². The quantitative estimate of drug-likeness (QED) is 0.839. The molecule has 2 N–H and O–H groups in total. The Labute approximate surface area is 123 Å². The first kappa shape index (κ1) is 15.0. The Hall–Kier alpha value is -1.36. The van der Waals surface area contributed by atoms with Gasteiger partial charge in [-0.05, 0) is 42.2 Å². The van der Waals surface area contributed by atoms with Gasteiger partial charge in [0.05, 0.1) is 11.8 Å². The molecule has 0 aliphatic heterocycles. The Morgan fingerprint density at radius 3 is 2.75 bits per heavy atom. The topological polar surface area (TPSA) is 66.4 Å². The molecular formula is C15H21NO3S. The van der Waals surface area contributed by atoms with Crippen LogP contribution in [0.2, 0.25) is 0 Å². The van der Waals surface area contributed by atoms with Crippen molar-refractivity contribution in [1.29, 1.82) is 0 Å². The molecule has 0 radical (unpaired) electrons. The van der Waals surface area contributed by atoms with E-state index in [1.165, 1.54) is 0 Å². The van der Waals surface area contributed by atoms with Crippen LogP contribution in [-0.2, 0) is 9.59 Å². The summed E-state index contributed by atoms with van der Waals surface area (Å²) >= 11 is 1.57. The van der Waals surface area contributed by atoms with Crippen molar-refractivity contribution in [3.05, 3.63) is 22.4 Å². The van der Waals surface area contributed by atoms with Gasteiger partial charge in [0.1, 0.15) is 0 Å². The summed E-state index contributed by atoms with van der Waals surface area (Å²) in [5.41, 5.74) is 0.994. The van der Waals surface area contributed by atoms with E-state index in [-0.39, 0.29) is 17.9 Å². The van der Waals surface area contributed by atoms with Crippen molar-refractivity contribution in [2.45, 2.75) is 51.0 Å². The number of carboxylic acid groups (broad SMARTS) is 1. The van der Waals surface area contributed by atoms with Crippen molar-refractivity contribution in [2.75, 3.05) is 0 Å². The highest BCUT2D eigenvalue weighted by molar-refractivity contribution is 7.08. The van der Waals surface area contributed by atoms with Gasteiger partial charge in [0.25, 0.3) is 0 Å². The molecule has 4 nitrogen and oxygen atoms in total. The second kappa shape index (κ2) is 6.88. The Morgan fingerprint density at radius 2 is 2.10 bits per heavy atom. The van der Waals surface area contributed by atoms with E-state index in [0.29, 0.717) is 6.42 Å². The summed E-state index contributed by atoms with van der Waals surface area (Å²) < 4.78 is 0. The molecule has 1 aromatic heterocycles. The van der Waals surface area contributed by atoms with Crippen LogP contribution < -0.4 is 5.32 Å². The summed E-state index contributed by atoms with van der Waals surface area (Å²) in [6.07, 6.45) is 4.40. The van der Waals surface area contributed by atoms with E-state index in [4.69, 9.17) is 0 Å². The first-order valence-electron chi connectivity index (χ1n) is 7.15. The zero-order valence-electron chi connectivity index (χ0n) is 11.7. The minimum Gasteiger partial charge on any atom is -0.481 e. The van der Waals surface area contributed by atoms with Crippen LogP contribution in [0.4, 0.5) is 0 Å². The molecule has 0 bridgehead atoms. The number of hydrogen-bond acceptors (Lipinski definition) is 3. The number of carboxylic acids is 1. The largest absolute Gasteiger partial charge is 0.481 e. The standard InChI is InChI=1S/C15H21NO3S/c1-10(11-7-8-20-9-11)14(17)16-13-6-4-2-3-5-12(13)15(18)19/h7-10,12-13H,2-6H2,1H3,(H,16,17)(H,18,19)/t10?,12-,13+/m1/s1. The van der Waals surface area contributed by atoms with Gasteiger partial charge < -0.3 is 10.4 Å². The van der Waals surface area contributed by atoms with Crippen LogP contribution in [0.25, 0.3) is 0 Å². The molecule has 2 rings (SSSR count). The van der Waals surface area contributed by atoms with Crippen molar-refractivity contribution in [1.82, 2.24) is 5.32 Å². The molecule has 0 aromatic carbocycles. The van der Waals surface area contributed by atoms with Gasteiger partial charge in [-0.1, -0.05) is 19.3 Å². The van der Waals surface area contributed by atoms with Crippen LogP contribution >= 0.6 is 11.3 Å². The first-order chi connectivity index (χ1) is 9.59. The molecule has 5 heteroatoms. The smallest absolute Gasteiger partial charge is 0.308 e. The number of carbonyl (C=O) groups excluding carboxylic acids is 1. The first-order valence-corrected chi connectivity index (χ1v) is 8.09. The van der Waals surface area contributed by atoms with Crippen LogP contribution in [0, 0.1) is 5.92 Å². The number of amides is 1. The van der Waals surface area contributed by atoms with Crippen LogP contribution in [0.5, 0.6) is 0 Å². The molecule has 1 fully saturated rings. The van der Waals surface area contributed by atoms with E-state index in [9.17, 15) is 14.7 Å². The van der Waals surface area contributed by atoms with Gasteiger partial charge in [0.15, 0.2) is 0 Å². The highest BCUT2D eigenvalue weighted by atomic mass is 32.1. The van der Waals surface area contributed by atoms with E-state index in [1.54, 1.807) is 11.3 Å². The lowest BCUT2D eigenvalue weighted by Crippen LogP contribution is -2.44. The molecule has 1 unspecified atom stereocenters. The molecule has 1 aliphatic carbocycles. The third-order valence-electron chi connectivity index (χ3n) is 4.10. The number of aliphatic carboxylic acids is 1. The molecule has 3 atom stereocenters. The number of carbonyl (C=O) groups is 2. The molecule has 0 saturated heterocycles. The normalized spacial score (nSPS) is 24.6. The van der Waals surface area contributed by atoms with E-state index < -0.39 is 11.9 Å². The fraction of sp³-hybridized carbons (Fsp3) is 0.600. The lowest BCUT2D eigenvalue weighted by atomic mass is 9.93. The Kier molecular flexibility index (Phi) is 5.17. The maximum Gasteiger partial charge on any atom is 0.308 e. The Morgan fingerprint density at radius 1 is 1.35 bits per heavy atom. The summed E-state index contributed by atoms with van der Waals surface area (Å²) in [6.45, 7) is 1.86. The molecule has 0 spiro atoms. The number of rotatable bonds is 4. The molecule has 1 aromatic rings. The fourth-order valence-electron chi connectivity index (χ4n) is 2.76. The third-order valence-corrected chi connectivity index (χ3v) is 4.80. The van der Waals surface area contributed by atoms with Crippen LogP contribution in [0.1, 0.15) is 50.5 Å². The minimum absolute atomic E-state index is 0.0680. The summed E-state index contributed by atoms with van der Waals surface area (Å²) in [5, 5.41) is 16.2. The van der Waals surface area contributed by atoms with Crippen molar-refractivity contribution >= 4 is 23.2 Å². The highest BCUT2D eigenvalue weighted by Gasteiger charge is 2.31. The summed E-state index contributed by atoms with van der Waals surface area (Å²) in [7, 11) is 0. The van der Waals surface area contributed by atoms with E-state index >= 15 is 0 Å². The molecule has 20 heavy (non-hydrogen) atoms. The third kappa shape index (κ3) is 3.60. The Bertz CT molecular complexity index is 458. The highest BCUT2D eigenvalue weighted by Crippen LogP contribution is 2.25. The lowest BCUT2D eigenvalue weighted by molar-refractivity contribution is -0.143. The summed E-state index contributed by atoms with van der Waals surface area (Å²) in [6, 6.07) is 1.71. The SMILES string of the molecule is CC(C(=O)N[C@H]1CCCCC[C@H]1C(=O)O)c1ccsc1. The number of thiophene rings is 1. The average Bonchev–Trinajstić information content (AvgIpc) is 2.85. The lowest BCUT2D eigenvalue weighted by Gasteiger charge is -2.24.